The minimum atomic E-state index is 1.10. The second-order valence-electron chi connectivity index (χ2n) is 5.83. The van der Waals surface area contributed by atoms with Crippen LogP contribution in [0.5, 0.6) is 0 Å². The maximum Gasteiger partial charge on any atom is 0.0233 e. The summed E-state index contributed by atoms with van der Waals surface area (Å²) in [5.41, 5.74) is 4.60. The highest BCUT2D eigenvalue weighted by Gasteiger charge is 2.05. The van der Waals surface area contributed by atoms with Crippen molar-refractivity contribution < 1.29 is 0 Å². The Morgan fingerprint density at radius 3 is 1.55 bits per heavy atom. The number of unbranched alkanes of at least 4 members (excludes halogenated alkanes) is 2. The zero-order valence-corrected chi connectivity index (χ0v) is 14.0. The highest BCUT2D eigenvalue weighted by atomic mass is 15.1. The number of hydrogen-bond donors (Lipinski definition) is 0. The van der Waals surface area contributed by atoms with Gasteiger partial charge in [-0.25, -0.2) is 0 Å². The van der Waals surface area contributed by atoms with Crippen LogP contribution in [0.2, 0.25) is 0 Å². The molecule has 1 rings (SSSR count). The highest BCUT2D eigenvalue weighted by Crippen LogP contribution is 2.16. The van der Waals surface area contributed by atoms with Gasteiger partial charge in [0.15, 0.2) is 0 Å². The lowest BCUT2D eigenvalue weighted by Crippen LogP contribution is -2.22. The van der Waals surface area contributed by atoms with Gasteiger partial charge in [-0.15, -0.1) is 0 Å². The molecule has 0 aliphatic heterocycles. The molecule has 0 radical (unpaired) electrons. The molecule has 1 aromatic rings. The molecular weight excluding hydrogens is 242 g/mol. The maximum atomic E-state index is 2.50. The summed E-state index contributed by atoms with van der Waals surface area (Å²) < 4.78 is 0. The third kappa shape index (κ3) is 6.09. The van der Waals surface area contributed by atoms with Crippen molar-refractivity contribution in [2.45, 2.75) is 72.8 Å². The minimum absolute atomic E-state index is 1.10. The Morgan fingerprint density at radius 2 is 1.15 bits per heavy atom. The molecular formula is C19H33N. The summed E-state index contributed by atoms with van der Waals surface area (Å²) in [5, 5.41) is 0. The molecule has 0 aliphatic carbocycles. The van der Waals surface area contributed by atoms with Crippen molar-refractivity contribution in [1.82, 2.24) is 4.90 Å². The monoisotopic (exact) mass is 275 g/mol. The Morgan fingerprint density at radius 1 is 0.700 bits per heavy atom. The Balaban J connectivity index is 2.84. The fourth-order valence-corrected chi connectivity index (χ4v) is 2.69. The van der Waals surface area contributed by atoms with Crippen molar-refractivity contribution in [3.63, 3.8) is 0 Å². The van der Waals surface area contributed by atoms with Gasteiger partial charge in [-0.1, -0.05) is 58.7 Å². The van der Waals surface area contributed by atoms with Crippen LogP contribution in [0.4, 0.5) is 0 Å². The first-order valence-electron chi connectivity index (χ1n) is 8.57. The van der Waals surface area contributed by atoms with Crippen molar-refractivity contribution in [2.75, 3.05) is 13.1 Å². The third-order valence-corrected chi connectivity index (χ3v) is 4.05. The van der Waals surface area contributed by atoms with Crippen LogP contribution in [0.1, 0.15) is 70.1 Å². The lowest BCUT2D eigenvalue weighted by Gasteiger charge is -2.19. The van der Waals surface area contributed by atoms with Crippen molar-refractivity contribution in [3.8, 4) is 0 Å². The van der Waals surface area contributed by atoms with E-state index in [1.807, 2.05) is 0 Å². The van der Waals surface area contributed by atoms with Gasteiger partial charge in [0.25, 0.3) is 0 Å². The Kier molecular flexibility index (Phi) is 8.60. The van der Waals surface area contributed by atoms with Gasteiger partial charge in [0, 0.05) is 6.54 Å². The molecule has 0 bridgehead atoms. The first-order chi connectivity index (χ1) is 9.73. The lowest BCUT2D eigenvalue weighted by atomic mass is 9.98. The molecule has 1 nitrogen and oxygen atoms in total. The smallest absolute Gasteiger partial charge is 0.0233 e. The third-order valence-electron chi connectivity index (χ3n) is 4.05. The van der Waals surface area contributed by atoms with Crippen LogP contribution in [-0.4, -0.2) is 18.0 Å². The van der Waals surface area contributed by atoms with Crippen molar-refractivity contribution in [3.05, 3.63) is 34.9 Å². The van der Waals surface area contributed by atoms with Crippen LogP contribution in [0.15, 0.2) is 18.2 Å². The Hall–Kier alpha value is -0.820. The molecule has 0 aliphatic rings. The van der Waals surface area contributed by atoms with Crippen molar-refractivity contribution in [1.29, 1.82) is 0 Å². The van der Waals surface area contributed by atoms with Crippen LogP contribution >= 0.6 is 0 Å². The van der Waals surface area contributed by atoms with E-state index in [4.69, 9.17) is 0 Å². The van der Waals surface area contributed by atoms with E-state index in [-0.39, 0.29) is 0 Å². The molecule has 0 amide bonds. The summed E-state index contributed by atoms with van der Waals surface area (Å²) in [6.07, 6.45) is 7.66. The lowest BCUT2D eigenvalue weighted by molar-refractivity contribution is 0.295. The van der Waals surface area contributed by atoms with Gasteiger partial charge in [0.1, 0.15) is 0 Å². The van der Waals surface area contributed by atoms with Gasteiger partial charge < -0.3 is 0 Å². The van der Waals surface area contributed by atoms with Crippen molar-refractivity contribution >= 4 is 0 Å². The molecule has 1 aromatic carbocycles. The van der Waals surface area contributed by atoms with Gasteiger partial charge in [-0.05, 0) is 55.5 Å². The molecule has 0 saturated heterocycles. The van der Waals surface area contributed by atoms with Gasteiger partial charge in [-0.2, -0.15) is 0 Å². The molecule has 1 heteroatoms. The van der Waals surface area contributed by atoms with Crippen LogP contribution in [0.25, 0.3) is 0 Å². The molecule has 0 atom stereocenters. The van der Waals surface area contributed by atoms with Crippen molar-refractivity contribution in [2.24, 2.45) is 0 Å². The summed E-state index contributed by atoms with van der Waals surface area (Å²) in [7, 11) is 0. The van der Waals surface area contributed by atoms with Gasteiger partial charge in [0.2, 0.25) is 0 Å². The van der Waals surface area contributed by atoms with E-state index in [9.17, 15) is 0 Å². The van der Waals surface area contributed by atoms with Gasteiger partial charge >= 0.3 is 0 Å². The van der Waals surface area contributed by atoms with Gasteiger partial charge in [-0.3, -0.25) is 4.90 Å². The minimum Gasteiger partial charge on any atom is -0.300 e. The van der Waals surface area contributed by atoms with Crippen LogP contribution < -0.4 is 0 Å². The second kappa shape index (κ2) is 9.99. The SMILES string of the molecule is CCCCc1cc(CCCC)cc(CN(CC)CC)c1. The Bertz CT molecular complexity index is 340. The molecule has 0 spiro atoms. The molecule has 0 heterocycles. The van der Waals surface area contributed by atoms with E-state index in [0.29, 0.717) is 0 Å². The summed E-state index contributed by atoms with van der Waals surface area (Å²) in [5.74, 6) is 0. The fourth-order valence-electron chi connectivity index (χ4n) is 2.69. The molecule has 0 N–H and O–H groups in total. The average Bonchev–Trinajstić information content (AvgIpc) is 2.48. The van der Waals surface area contributed by atoms with E-state index in [1.54, 1.807) is 11.1 Å². The molecule has 0 saturated carbocycles. The average molecular weight is 275 g/mol. The van der Waals surface area contributed by atoms with Crippen LogP contribution in [0, 0.1) is 0 Å². The molecule has 20 heavy (non-hydrogen) atoms. The predicted molar refractivity (Wildman–Crippen MR) is 90.3 cm³/mol. The normalized spacial score (nSPS) is 11.2. The first-order valence-corrected chi connectivity index (χ1v) is 8.57. The van der Waals surface area contributed by atoms with Gasteiger partial charge in [0.05, 0.1) is 0 Å². The van der Waals surface area contributed by atoms with E-state index in [1.165, 1.54) is 44.1 Å². The largest absolute Gasteiger partial charge is 0.300 e. The number of rotatable bonds is 10. The quantitative estimate of drug-likeness (QED) is 0.566. The maximum absolute atomic E-state index is 2.50. The molecule has 0 unspecified atom stereocenters. The van der Waals surface area contributed by atoms with E-state index < -0.39 is 0 Å². The van der Waals surface area contributed by atoms with E-state index in [0.717, 1.165) is 19.6 Å². The predicted octanol–water partition coefficient (Wildman–Crippen LogP) is 5.21. The Labute approximate surface area is 126 Å². The summed E-state index contributed by atoms with van der Waals surface area (Å²) in [4.78, 5) is 2.50. The van der Waals surface area contributed by atoms with E-state index >= 15 is 0 Å². The van der Waals surface area contributed by atoms with E-state index in [2.05, 4.69) is 50.8 Å². The standard InChI is InChI=1S/C19H33N/c1-5-9-11-17-13-18(12-10-6-2)15-19(14-17)16-20(7-3)8-4/h13-15H,5-12,16H2,1-4H3. The second-order valence-corrected chi connectivity index (χ2v) is 5.83. The topological polar surface area (TPSA) is 3.24 Å². The fraction of sp³-hybridized carbons (Fsp3) is 0.684. The molecule has 0 aromatic heterocycles. The summed E-state index contributed by atoms with van der Waals surface area (Å²) in [6.45, 7) is 12.4. The summed E-state index contributed by atoms with van der Waals surface area (Å²) in [6, 6.07) is 7.31. The highest BCUT2D eigenvalue weighted by molar-refractivity contribution is 5.30. The van der Waals surface area contributed by atoms with Crippen LogP contribution in [-0.2, 0) is 19.4 Å². The number of hydrogen-bond acceptors (Lipinski definition) is 1. The first kappa shape index (κ1) is 17.2. The zero-order chi connectivity index (χ0) is 14.8. The summed E-state index contributed by atoms with van der Waals surface area (Å²) >= 11 is 0. The zero-order valence-electron chi connectivity index (χ0n) is 14.0. The molecule has 0 fully saturated rings. The number of benzene rings is 1. The van der Waals surface area contributed by atoms with Crippen LogP contribution in [0.3, 0.4) is 0 Å². The number of aryl methyl sites for hydroxylation is 2. The molecule has 114 valence electrons. The number of nitrogens with zero attached hydrogens (tertiary/aromatic N) is 1.